The second-order valence-electron chi connectivity index (χ2n) is 8.75. The minimum absolute atomic E-state index is 0.377. The number of thiophene rings is 2. The zero-order valence-corrected chi connectivity index (χ0v) is 22.1. The zero-order chi connectivity index (χ0) is 23.9. The van der Waals surface area contributed by atoms with Gasteiger partial charge in [0.25, 0.3) is 10.1 Å². The first kappa shape index (κ1) is 30.2. The highest BCUT2D eigenvalue weighted by molar-refractivity contribution is 7.85. The van der Waals surface area contributed by atoms with Crippen molar-refractivity contribution in [3.63, 3.8) is 0 Å². The Balaban J connectivity index is 0.000000479. The SMILES string of the molecule is CC(C)CC(N)CCc1cccs1.CC(C)CC(N)CCc1cccs1.CS(=O)(=O)O. The van der Waals surface area contributed by atoms with Crippen molar-refractivity contribution in [3.8, 4) is 0 Å². The Morgan fingerprint density at radius 3 is 1.39 bits per heavy atom. The number of hydrogen-bond acceptors (Lipinski definition) is 6. The van der Waals surface area contributed by atoms with Crippen LogP contribution in [0.1, 0.15) is 63.1 Å². The Morgan fingerprint density at radius 2 is 1.16 bits per heavy atom. The van der Waals surface area contributed by atoms with E-state index < -0.39 is 10.1 Å². The summed E-state index contributed by atoms with van der Waals surface area (Å²) in [5, 5.41) is 4.26. The molecule has 31 heavy (non-hydrogen) atoms. The van der Waals surface area contributed by atoms with E-state index in [4.69, 9.17) is 16.0 Å². The van der Waals surface area contributed by atoms with Crippen LogP contribution in [0.25, 0.3) is 0 Å². The number of nitrogens with two attached hydrogens (primary N) is 2. The van der Waals surface area contributed by atoms with Crippen molar-refractivity contribution in [3.05, 3.63) is 44.8 Å². The summed E-state index contributed by atoms with van der Waals surface area (Å²) in [4.78, 5) is 2.92. The number of hydrogen-bond donors (Lipinski definition) is 3. The van der Waals surface area contributed by atoms with E-state index in [1.807, 2.05) is 22.7 Å². The summed E-state index contributed by atoms with van der Waals surface area (Å²) in [5.41, 5.74) is 12.0. The molecule has 0 aromatic carbocycles. The van der Waals surface area contributed by atoms with Crippen LogP contribution >= 0.6 is 22.7 Å². The maximum absolute atomic E-state index is 9.19. The average molecular weight is 491 g/mol. The highest BCUT2D eigenvalue weighted by Gasteiger charge is 2.06. The van der Waals surface area contributed by atoms with Crippen LogP contribution < -0.4 is 11.5 Å². The Labute approximate surface area is 198 Å². The van der Waals surface area contributed by atoms with Gasteiger partial charge in [0.2, 0.25) is 0 Å². The highest BCUT2D eigenvalue weighted by atomic mass is 32.2. The van der Waals surface area contributed by atoms with Gasteiger partial charge in [-0.2, -0.15) is 8.42 Å². The van der Waals surface area contributed by atoms with Gasteiger partial charge in [-0.05, 0) is 73.3 Å². The third-order valence-electron chi connectivity index (χ3n) is 4.23. The van der Waals surface area contributed by atoms with Crippen LogP contribution in [0.4, 0.5) is 0 Å². The van der Waals surface area contributed by atoms with E-state index in [1.165, 1.54) is 9.75 Å². The van der Waals surface area contributed by atoms with E-state index in [9.17, 15) is 8.42 Å². The van der Waals surface area contributed by atoms with E-state index in [0.717, 1.165) is 50.4 Å². The average Bonchev–Trinajstić information content (AvgIpc) is 3.30. The van der Waals surface area contributed by atoms with Crippen molar-refractivity contribution in [2.24, 2.45) is 23.3 Å². The summed E-state index contributed by atoms with van der Waals surface area (Å²) in [7, 11) is -3.67. The van der Waals surface area contributed by atoms with Gasteiger partial charge in [0, 0.05) is 21.8 Å². The van der Waals surface area contributed by atoms with Crippen LogP contribution in [0.15, 0.2) is 35.0 Å². The lowest BCUT2D eigenvalue weighted by Crippen LogP contribution is -2.22. The van der Waals surface area contributed by atoms with Crippen LogP contribution in [0.2, 0.25) is 0 Å². The standard InChI is InChI=1S/2C11H19NS.CH4O3S/c2*1-9(2)8-10(12)5-6-11-4-3-7-13-11;1-5(2,3)4/h2*3-4,7,9-10H,5-6,8,12H2,1-2H3;1H3,(H,2,3,4). The molecule has 5 N–H and O–H groups in total. The molecule has 0 aliphatic carbocycles. The predicted octanol–water partition coefficient (Wildman–Crippen LogP) is 5.61. The molecule has 180 valence electrons. The van der Waals surface area contributed by atoms with Crippen LogP contribution in [0.5, 0.6) is 0 Å². The lowest BCUT2D eigenvalue weighted by Gasteiger charge is -2.12. The van der Waals surface area contributed by atoms with Gasteiger partial charge in [0.15, 0.2) is 0 Å². The predicted molar refractivity (Wildman–Crippen MR) is 138 cm³/mol. The van der Waals surface area contributed by atoms with E-state index in [2.05, 4.69) is 62.7 Å². The van der Waals surface area contributed by atoms with E-state index in [0.29, 0.717) is 18.3 Å². The summed E-state index contributed by atoms with van der Waals surface area (Å²) in [5.74, 6) is 1.44. The van der Waals surface area contributed by atoms with Gasteiger partial charge in [-0.25, -0.2) is 0 Å². The molecule has 8 heteroatoms. The van der Waals surface area contributed by atoms with Gasteiger partial charge in [-0.1, -0.05) is 39.8 Å². The van der Waals surface area contributed by atoms with Crippen LogP contribution in [0.3, 0.4) is 0 Å². The zero-order valence-electron chi connectivity index (χ0n) is 19.7. The Morgan fingerprint density at radius 1 is 0.839 bits per heavy atom. The third-order valence-corrected chi connectivity index (χ3v) is 6.10. The van der Waals surface area contributed by atoms with Crippen molar-refractivity contribution in [2.45, 2.75) is 78.3 Å². The fraction of sp³-hybridized carbons (Fsp3) is 0.652. The molecule has 0 amide bonds. The number of rotatable bonds is 10. The van der Waals surface area contributed by atoms with Gasteiger partial charge in [-0.3, -0.25) is 4.55 Å². The molecule has 2 unspecified atom stereocenters. The maximum atomic E-state index is 9.19. The van der Waals surface area contributed by atoms with Gasteiger partial charge < -0.3 is 11.5 Å². The van der Waals surface area contributed by atoms with Gasteiger partial charge in [0.1, 0.15) is 0 Å². The molecule has 0 aliphatic rings. The molecule has 0 radical (unpaired) electrons. The maximum Gasteiger partial charge on any atom is 0.261 e. The van der Waals surface area contributed by atoms with Gasteiger partial charge in [0.05, 0.1) is 6.26 Å². The van der Waals surface area contributed by atoms with Gasteiger partial charge in [-0.15, -0.1) is 22.7 Å². The molecule has 0 spiro atoms. The first-order valence-electron chi connectivity index (χ1n) is 10.8. The summed E-state index contributed by atoms with van der Waals surface area (Å²) in [6.07, 6.45) is 7.54. The Hall–Kier alpha value is -0.770. The second-order valence-corrected chi connectivity index (χ2v) is 12.3. The largest absolute Gasteiger partial charge is 0.328 e. The van der Waals surface area contributed by atoms with Gasteiger partial charge >= 0.3 is 0 Å². The van der Waals surface area contributed by atoms with Crippen LogP contribution in [-0.4, -0.2) is 31.3 Å². The third kappa shape index (κ3) is 22.2. The smallest absolute Gasteiger partial charge is 0.261 e. The molecule has 0 saturated heterocycles. The topological polar surface area (TPSA) is 106 Å². The first-order chi connectivity index (χ1) is 14.4. The molecule has 2 aromatic heterocycles. The lowest BCUT2D eigenvalue weighted by atomic mass is 10.0. The molecule has 0 bridgehead atoms. The lowest BCUT2D eigenvalue weighted by molar-refractivity contribution is 0.474. The molecule has 0 fully saturated rings. The van der Waals surface area contributed by atoms with Crippen molar-refractivity contribution in [1.29, 1.82) is 0 Å². The van der Waals surface area contributed by atoms with E-state index in [1.54, 1.807) is 0 Å². The quantitative estimate of drug-likeness (QED) is 0.375. The normalized spacial score (nSPS) is 13.2. The fourth-order valence-electron chi connectivity index (χ4n) is 3.01. The number of aryl methyl sites for hydroxylation is 2. The van der Waals surface area contributed by atoms with Crippen LogP contribution in [0, 0.1) is 11.8 Å². The second kappa shape index (κ2) is 16.8. The van der Waals surface area contributed by atoms with Crippen molar-refractivity contribution < 1.29 is 13.0 Å². The molecule has 0 aliphatic heterocycles. The molecule has 2 aromatic rings. The van der Waals surface area contributed by atoms with Crippen molar-refractivity contribution >= 4 is 32.8 Å². The summed E-state index contributed by atoms with van der Waals surface area (Å²) in [6.45, 7) is 8.91. The minimum atomic E-state index is -3.67. The minimum Gasteiger partial charge on any atom is -0.328 e. The van der Waals surface area contributed by atoms with Crippen molar-refractivity contribution in [2.75, 3.05) is 6.26 Å². The van der Waals surface area contributed by atoms with E-state index in [-0.39, 0.29) is 0 Å². The van der Waals surface area contributed by atoms with Crippen LogP contribution in [-0.2, 0) is 23.0 Å². The molecule has 0 saturated carbocycles. The monoisotopic (exact) mass is 490 g/mol. The molecule has 2 rings (SSSR count). The summed E-state index contributed by atoms with van der Waals surface area (Å²) in [6, 6.07) is 9.34. The fourth-order valence-corrected chi connectivity index (χ4v) is 4.46. The Bertz CT molecular complexity index is 685. The molecular formula is C23H42N2O3S3. The molecule has 2 heterocycles. The molecule has 2 atom stereocenters. The first-order valence-corrected chi connectivity index (χ1v) is 14.5. The van der Waals surface area contributed by atoms with E-state index >= 15 is 0 Å². The highest BCUT2D eigenvalue weighted by Crippen LogP contribution is 2.15. The molecule has 5 nitrogen and oxygen atoms in total. The Kier molecular flexibility index (Phi) is 16.4. The summed E-state index contributed by atoms with van der Waals surface area (Å²) >= 11 is 3.66. The summed E-state index contributed by atoms with van der Waals surface area (Å²) < 4.78 is 25.9. The molecular weight excluding hydrogens is 448 g/mol. The van der Waals surface area contributed by atoms with Crippen molar-refractivity contribution in [1.82, 2.24) is 0 Å².